The van der Waals surface area contributed by atoms with E-state index in [2.05, 4.69) is 12.2 Å². The van der Waals surface area contributed by atoms with Gasteiger partial charge >= 0.3 is 6.03 Å². The first-order valence-corrected chi connectivity index (χ1v) is 11.0. The fourth-order valence-electron chi connectivity index (χ4n) is 6.31. The number of carbonyl (C=O) groups is 3. The Morgan fingerprint density at radius 3 is 2.83 bits per heavy atom. The van der Waals surface area contributed by atoms with Gasteiger partial charge in [-0.2, -0.15) is 0 Å². The minimum atomic E-state index is -0.990. The molecule has 0 radical (unpaired) electrons. The Kier molecular flexibility index (Phi) is 4.41. The maximum Gasteiger partial charge on any atom is 0.325 e. The Morgan fingerprint density at radius 2 is 1.97 bits per heavy atom. The average Bonchev–Trinajstić information content (AvgIpc) is 3.21. The number of piperidine rings is 1. The first kappa shape index (κ1) is 18.6. The molecule has 1 N–H and O–H groups in total. The van der Waals surface area contributed by atoms with Crippen molar-refractivity contribution in [2.75, 3.05) is 13.1 Å². The normalized spacial score (nSPS) is 33.6. The molecular weight excluding hydrogens is 366 g/mol. The van der Waals surface area contributed by atoms with Crippen molar-refractivity contribution in [2.45, 2.75) is 63.5 Å². The lowest BCUT2D eigenvalue weighted by molar-refractivity contribution is -0.144. The molecule has 4 unspecified atom stereocenters. The van der Waals surface area contributed by atoms with Crippen molar-refractivity contribution in [1.29, 1.82) is 0 Å². The highest BCUT2D eigenvalue weighted by molar-refractivity contribution is 6.09. The molecule has 0 aromatic heterocycles. The van der Waals surface area contributed by atoms with Crippen molar-refractivity contribution in [2.24, 2.45) is 11.8 Å². The van der Waals surface area contributed by atoms with E-state index in [9.17, 15) is 14.4 Å². The van der Waals surface area contributed by atoms with Crippen LogP contribution in [0.5, 0.6) is 0 Å². The number of imide groups is 1. The van der Waals surface area contributed by atoms with Gasteiger partial charge in [-0.25, -0.2) is 4.79 Å². The van der Waals surface area contributed by atoms with Gasteiger partial charge in [-0.3, -0.25) is 14.5 Å². The number of carbonyl (C=O) groups excluding carboxylic acids is 3. The van der Waals surface area contributed by atoms with Gasteiger partial charge in [-0.1, -0.05) is 37.6 Å². The van der Waals surface area contributed by atoms with Crippen LogP contribution in [0.3, 0.4) is 0 Å². The minimum absolute atomic E-state index is 0.0831. The van der Waals surface area contributed by atoms with Crippen LogP contribution in [-0.4, -0.2) is 46.8 Å². The monoisotopic (exact) mass is 395 g/mol. The second-order valence-electron chi connectivity index (χ2n) is 9.27. The Balaban J connectivity index is 1.36. The van der Waals surface area contributed by atoms with Crippen molar-refractivity contribution in [3.8, 4) is 0 Å². The molecule has 1 aromatic carbocycles. The van der Waals surface area contributed by atoms with E-state index >= 15 is 0 Å². The van der Waals surface area contributed by atoms with Gasteiger partial charge < -0.3 is 10.2 Å². The van der Waals surface area contributed by atoms with Gasteiger partial charge in [0.2, 0.25) is 5.91 Å². The molecule has 29 heavy (non-hydrogen) atoms. The van der Waals surface area contributed by atoms with Crippen LogP contribution in [0.2, 0.25) is 0 Å². The molecular formula is C23H29N3O3. The Morgan fingerprint density at radius 1 is 1.17 bits per heavy atom. The lowest BCUT2D eigenvalue weighted by Gasteiger charge is -2.47. The number of aryl methyl sites for hydroxylation is 1. The molecule has 3 fully saturated rings. The fourth-order valence-corrected chi connectivity index (χ4v) is 6.31. The molecule has 1 aromatic rings. The summed E-state index contributed by atoms with van der Waals surface area (Å²) in [5.41, 5.74) is 0.993. The Bertz CT molecular complexity index is 867. The van der Waals surface area contributed by atoms with Gasteiger partial charge in [0.1, 0.15) is 12.1 Å². The van der Waals surface area contributed by atoms with Crippen LogP contribution >= 0.6 is 0 Å². The molecule has 2 saturated heterocycles. The molecule has 1 spiro atoms. The maximum atomic E-state index is 13.3. The van der Waals surface area contributed by atoms with Crippen LogP contribution in [0.25, 0.3) is 0 Å². The smallest absolute Gasteiger partial charge is 0.325 e. The zero-order valence-electron chi connectivity index (χ0n) is 17.0. The lowest BCUT2D eigenvalue weighted by Crippen LogP contribution is -2.55. The van der Waals surface area contributed by atoms with Crippen LogP contribution in [0.4, 0.5) is 4.79 Å². The highest BCUT2D eigenvalue weighted by Crippen LogP contribution is 2.42. The molecule has 5 rings (SSSR count). The molecule has 4 atom stereocenters. The highest BCUT2D eigenvalue weighted by Gasteiger charge is 2.56. The molecule has 6 nitrogen and oxygen atoms in total. The third-order valence-corrected chi connectivity index (χ3v) is 7.67. The van der Waals surface area contributed by atoms with Gasteiger partial charge in [-0.05, 0) is 61.5 Å². The molecule has 154 valence electrons. The number of nitrogens with one attached hydrogen (secondary N) is 1. The third kappa shape index (κ3) is 2.79. The number of hydrogen-bond acceptors (Lipinski definition) is 3. The van der Waals surface area contributed by atoms with Gasteiger partial charge in [0.05, 0.1) is 0 Å². The Labute approximate surface area is 171 Å². The quantitative estimate of drug-likeness (QED) is 0.783. The average molecular weight is 396 g/mol. The van der Waals surface area contributed by atoms with Crippen LogP contribution in [0.1, 0.15) is 56.6 Å². The number of amides is 4. The molecule has 2 aliphatic heterocycles. The summed E-state index contributed by atoms with van der Waals surface area (Å²) >= 11 is 0. The largest absolute Gasteiger partial charge is 0.338 e. The van der Waals surface area contributed by atoms with Crippen LogP contribution in [0, 0.1) is 11.8 Å². The van der Waals surface area contributed by atoms with E-state index in [1.165, 1.54) is 19.3 Å². The molecule has 2 aliphatic carbocycles. The van der Waals surface area contributed by atoms with E-state index < -0.39 is 11.6 Å². The molecule has 2 heterocycles. The van der Waals surface area contributed by atoms with Crippen molar-refractivity contribution >= 4 is 17.8 Å². The SMILES string of the molecule is CC1CCCC2CCCN(C(=O)CN3C(=O)NC4(CCc5ccccc54)C3=O)C12. The van der Waals surface area contributed by atoms with Crippen LogP contribution < -0.4 is 5.32 Å². The highest BCUT2D eigenvalue weighted by atomic mass is 16.2. The van der Waals surface area contributed by atoms with Crippen LogP contribution in [-0.2, 0) is 21.5 Å². The number of urea groups is 1. The summed E-state index contributed by atoms with van der Waals surface area (Å²) in [5, 5.41) is 2.93. The number of likely N-dealkylation sites (tertiary alicyclic amines) is 1. The molecule has 1 saturated carbocycles. The van der Waals surface area contributed by atoms with E-state index in [1.807, 2.05) is 29.2 Å². The maximum absolute atomic E-state index is 13.3. The van der Waals surface area contributed by atoms with E-state index in [1.54, 1.807) is 0 Å². The summed E-state index contributed by atoms with van der Waals surface area (Å²) in [6.07, 6.45) is 7.08. The summed E-state index contributed by atoms with van der Waals surface area (Å²) in [7, 11) is 0. The summed E-state index contributed by atoms with van der Waals surface area (Å²) in [5.74, 6) is 0.688. The van der Waals surface area contributed by atoms with Gasteiger partial charge in [0.15, 0.2) is 0 Å². The zero-order valence-corrected chi connectivity index (χ0v) is 17.0. The topological polar surface area (TPSA) is 69.7 Å². The predicted molar refractivity (Wildman–Crippen MR) is 108 cm³/mol. The van der Waals surface area contributed by atoms with E-state index in [4.69, 9.17) is 0 Å². The van der Waals surface area contributed by atoms with Gasteiger partial charge in [0, 0.05) is 12.6 Å². The molecule has 6 heteroatoms. The van der Waals surface area contributed by atoms with E-state index in [0.29, 0.717) is 18.3 Å². The number of nitrogens with zero attached hydrogens (tertiary/aromatic N) is 2. The fraction of sp³-hybridized carbons (Fsp3) is 0.609. The number of fused-ring (bicyclic) bond motifs is 3. The third-order valence-electron chi connectivity index (χ3n) is 7.67. The number of hydrogen-bond donors (Lipinski definition) is 1. The van der Waals surface area contributed by atoms with Gasteiger partial charge in [0.25, 0.3) is 5.91 Å². The Hall–Kier alpha value is -2.37. The first-order chi connectivity index (χ1) is 14.0. The van der Waals surface area contributed by atoms with E-state index in [0.717, 1.165) is 41.8 Å². The summed E-state index contributed by atoms with van der Waals surface area (Å²) in [4.78, 5) is 42.5. The van der Waals surface area contributed by atoms with Crippen molar-refractivity contribution in [3.63, 3.8) is 0 Å². The first-order valence-electron chi connectivity index (χ1n) is 11.0. The van der Waals surface area contributed by atoms with Gasteiger partial charge in [-0.15, -0.1) is 0 Å². The standard InChI is InChI=1S/C23H29N3O3/c1-15-6-4-8-17-9-5-13-25(20(15)17)19(27)14-26-21(28)23(24-22(26)29)12-11-16-7-2-3-10-18(16)23/h2-3,7,10,15,17,20H,4-6,8-9,11-14H2,1H3,(H,24,29). The second-order valence-corrected chi connectivity index (χ2v) is 9.27. The lowest BCUT2D eigenvalue weighted by atomic mass is 9.73. The van der Waals surface area contributed by atoms with Crippen molar-refractivity contribution in [1.82, 2.24) is 15.1 Å². The summed E-state index contributed by atoms with van der Waals surface area (Å²) < 4.78 is 0. The number of benzene rings is 1. The van der Waals surface area contributed by atoms with E-state index in [-0.39, 0.29) is 24.4 Å². The van der Waals surface area contributed by atoms with Crippen molar-refractivity contribution in [3.05, 3.63) is 35.4 Å². The second kappa shape index (κ2) is 6.85. The minimum Gasteiger partial charge on any atom is -0.338 e. The summed E-state index contributed by atoms with van der Waals surface area (Å²) in [6, 6.07) is 7.61. The van der Waals surface area contributed by atoms with Crippen molar-refractivity contribution < 1.29 is 14.4 Å². The number of rotatable bonds is 2. The molecule has 4 aliphatic rings. The molecule has 0 bridgehead atoms. The predicted octanol–water partition coefficient (Wildman–Crippen LogP) is 2.81. The van der Waals surface area contributed by atoms with Crippen LogP contribution in [0.15, 0.2) is 24.3 Å². The zero-order chi connectivity index (χ0) is 20.2. The molecule has 4 amide bonds. The summed E-state index contributed by atoms with van der Waals surface area (Å²) in [6.45, 7) is 2.83.